The van der Waals surface area contributed by atoms with Crippen molar-refractivity contribution in [3.63, 3.8) is 0 Å². The lowest BCUT2D eigenvalue weighted by molar-refractivity contribution is 0.0687. The molecule has 1 saturated heterocycles. The average molecular weight is 310 g/mol. The zero-order valence-electron chi connectivity index (χ0n) is 13.3. The van der Waals surface area contributed by atoms with Crippen molar-refractivity contribution in [3.05, 3.63) is 46.2 Å². The highest BCUT2D eigenvalue weighted by atomic mass is 16.2. The molecule has 1 aliphatic heterocycles. The molecule has 1 amide bonds. The fourth-order valence-electron chi connectivity index (χ4n) is 4.36. The number of hydrogen-bond donors (Lipinski definition) is 1. The van der Waals surface area contributed by atoms with Crippen molar-refractivity contribution in [1.29, 1.82) is 0 Å². The summed E-state index contributed by atoms with van der Waals surface area (Å²) in [7, 11) is 0. The summed E-state index contributed by atoms with van der Waals surface area (Å²) in [6.07, 6.45) is 8.74. The Hall–Kier alpha value is -2.10. The van der Waals surface area contributed by atoms with Crippen LogP contribution in [0.4, 0.5) is 0 Å². The van der Waals surface area contributed by atoms with Gasteiger partial charge in [0.15, 0.2) is 0 Å². The molecule has 1 aromatic heterocycles. The third-order valence-corrected chi connectivity index (χ3v) is 5.52. The van der Waals surface area contributed by atoms with Crippen LogP contribution in [0.1, 0.15) is 48.9 Å². The van der Waals surface area contributed by atoms with Gasteiger partial charge >= 0.3 is 0 Å². The van der Waals surface area contributed by atoms with Crippen LogP contribution in [0.5, 0.6) is 0 Å². The first-order chi connectivity index (χ1) is 11.3. The molecule has 1 atom stereocenters. The number of nitrogens with zero attached hydrogens (tertiary/aromatic N) is 1. The molecule has 4 rings (SSSR count). The van der Waals surface area contributed by atoms with Gasteiger partial charge in [0.2, 0.25) is 5.43 Å². The van der Waals surface area contributed by atoms with Crippen LogP contribution in [0.2, 0.25) is 0 Å². The Morgan fingerprint density at radius 3 is 2.70 bits per heavy atom. The summed E-state index contributed by atoms with van der Waals surface area (Å²) in [6.45, 7) is 0.784. The SMILES string of the molecule is O=C(c1c[nH]c2ccccc2c1=O)N1CCC[C@@H]1C1CCCC1. The molecule has 1 aromatic carbocycles. The van der Waals surface area contributed by atoms with Crippen LogP contribution in [0, 0.1) is 5.92 Å². The van der Waals surface area contributed by atoms with E-state index in [1.807, 2.05) is 23.1 Å². The van der Waals surface area contributed by atoms with E-state index in [1.54, 1.807) is 12.3 Å². The van der Waals surface area contributed by atoms with Crippen molar-refractivity contribution in [2.45, 2.75) is 44.6 Å². The van der Waals surface area contributed by atoms with Gasteiger partial charge in [-0.1, -0.05) is 25.0 Å². The van der Waals surface area contributed by atoms with Gasteiger partial charge in [-0.3, -0.25) is 9.59 Å². The Morgan fingerprint density at radius 2 is 1.87 bits per heavy atom. The van der Waals surface area contributed by atoms with Gasteiger partial charge in [-0.05, 0) is 43.7 Å². The van der Waals surface area contributed by atoms with Crippen molar-refractivity contribution in [3.8, 4) is 0 Å². The predicted octanol–water partition coefficient (Wildman–Crippen LogP) is 3.32. The largest absolute Gasteiger partial charge is 0.360 e. The quantitative estimate of drug-likeness (QED) is 0.925. The van der Waals surface area contributed by atoms with Gasteiger partial charge in [0.05, 0.1) is 0 Å². The number of aromatic nitrogens is 1. The number of benzene rings is 1. The summed E-state index contributed by atoms with van der Waals surface area (Å²) in [5, 5.41) is 0.593. The van der Waals surface area contributed by atoms with Gasteiger partial charge < -0.3 is 9.88 Å². The lowest BCUT2D eigenvalue weighted by Gasteiger charge is -2.29. The fourth-order valence-corrected chi connectivity index (χ4v) is 4.36. The molecular weight excluding hydrogens is 288 g/mol. The van der Waals surface area contributed by atoms with Gasteiger partial charge in [-0.15, -0.1) is 0 Å². The monoisotopic (exact) mass is 310 g/mol. The second-order valence-corrected chi connectivity index (χ2v) is 6.83. The highest BCUT2D eigenvalue weighted by Crippen LogP contribution is 2.35. The Bertz CT molecular complexity index is 789. The van der Waals surface area contributed by atoms with Gasteiger partial charge in [0, 0.05) is 29.7 Å². The highest BCUT2D eigenvalue weighted by Gasteiger charge is 2.36. The van der Waals surface area contributed by atoms with Crippen molar-refractivity contribution in [2.24, 2.45) is 5.92 Å². The Balaban J connectivity index is 1.68. The van der Waals surface area contributed by atoms with Gasteiger partial charge in [0.1, 0.15) is 5.56 Å². The molecule has 120 valence electrons. The third kappa shape index (κ3) is 2.46. The Labute approximate surface area is 135 Å². The van der Waals surface area contributed by atoms with E-state index in [2.05, 4.69) is 4.98 Å². The van der Waals surface area contributed by atoms with E-state index in [9.17, 15) is 9.59 Å². The number of likely N-dealkylation sites (tertiary alicyclic amines) is 1. The number of amides is 1. The van der Waals surface area contributed by atoms with E-state index >= 15 is 0 Å². The summed E-state index contributed by atoms with van der Waals surface area (Å²) < 4.78 is 0. The van der Waals surface area contributed by atoms with E-state index in [4.69, 9.17) is 0 Å². The number of pyridine rings is 1. The van der Waals surface area contributed by atoms with E-state index in [0.29, 0.717) is 17.3 Å². The molecule has 2 aliphatic rings. The minimum Gasteiger partial charge on any atom is -0.360 e. The second-order valence-electron chi connectivity index (χ2n) is 6.83. The van der Waals surface area contributed by atoms with Crippen molar-refractivity contribution >= 4 is 16.8 Å². The van der Waals surface area contributed by atoms with Crippen LogP contribution in [-0.2, 0) is 0 Å². The van der Waals surface area contributed by atoms with E-state index in [1.165, 1.54) is 25.7 Å². The van der Waals surface area contributed by atoms with E-state index in [-0.39, 0.29) is 16.9 Å². The van der Waals surface area contributed by atoms with Crippen LogP contribution >= 0.6 is 0 Å². The van der Waals surface area contributed by atoms with Crippen LogP contribution < -0.4 is 5.43 Å². The summed E-state index contributed by atoms with van der Waals surface area (Å²) in [5.41, 5.74) is 0.915. The number of para-hydroxylation sites is 1. The zero-order valence-corrected chi connectivity index (χ0v) is 13.3. The van der Waals surface area contributed by atoms with Gasteiger partial charge in [0.25, 0.3) is 5.91 Å². The maximum absolute atomic E-state index is 13.0. The summed E-state index contributed by atoms with van der Waals surface area (Å²) >= 11 is 0. The van der Waals surface area contributed by atoms with Crippen LogP contribution in [0.15, 0.2) is 35.3 Å². The molecule has 1 aliphatic carbocycles. The van der Waals surface area contributed by atoms with Crippen LogP contribution in [0.3, 0.4) is 0 Å². The Morgan fingerprint density at radius 1 is 1.09 bits per heavy atom. The summed E-state index contributed by atoms with van der Waals surface area (Å²) in [4.78, 5) is 30.7. The number of hydrogen-bond acceptors (Lipinski definition) is 2. The maximum atomic E-state index is 13.0. The predicted molar refractivity (Wildman–Crippen MR) is 90.6 cm³/mol. The highest BCUT2D eigenvalue weighted by molar-refractivity contribution is 5.97. The molecule has 0 unspecified atom stereocenters. The summed E-state index contributed by atoms with van der Waals surface area (Å²) in [5.74, 6) is 0.535. The van der Waals surface area contributed by atoms with E-state index in [0.717, 1.165) is 24.9 Å². The number of aromatic amines is 1. The molecule has 4 heteroatoms. The van der Waals surface area contributed by atoms with Crippen LogP contribution in [-0.4, -0.2) is 28.4 Å². The molecule has 4 nitrogen and oxygen atoms in total. The molecule has 2 aromatic rings. The van der Waals surface area contributed by atoms with Gasteiger partial charge in [-0.2, -0.15) is 0 Å². The molecule has 0 radical (unpaired) electrons. The minimum absolute atomic E-state index is 0.0913. The number of nitrogens with one attached hydrogen (secondary N) is 1. The Kier molecular flexibility index (Phi) is 3.68. The fraction of sp³-hybridized carbons (Fsp3) is 0.474. The molecule has 1 N–H and O–H groups in total. The first kappa shape index (κ1) is 14.5. The number of rotatable bonds is 2. The molecule has 2 heterocycles. The lowest BCUT2D eigenvalue weighted by Crippen LogP contribution is -2.41. The number of H-pyrrole nitrogens is 1. The maximum Gasteiger partial charge on any atom is 0.259 e. The number of carbonyl (C=O) groups is 1. The lowest BCUT2D eigenvalue weighted by atomic mass is 9.95. The minimum atomic E-state index is -0.151. The number of fused-ring (bicyclic) bond motifs is 1. The molecular formula is C19H22N2O2. The average Bonchev–Trinajstić information content (AvgIpc) is 3.26. The van der Waals surface area contributed by atoms with E-state index < -0.39 is 0 Å². The second kappa shape index (κ2) is 5.84. The van der Waals surface area contributed by atoms with Crippen molar-refractivity contribution in [1.82, 2.24) is 9.88 Å². The smallest absolute Gasteiger partial charge is 0.259 e. The molecule has 1 saturated carbocycles. The molecule has 2 fully saturated rings. The normalized spacial score (nSPS) is 22.1. The summed E-state index contributed by atoms with van der Waals surface area (Å²) in [6, 6.07) is 7.70. The topological polar surface area (TPSA) is 53.2 Å². The van der Waals surface area contributed by atoms with Crippen LogP contribution in [0.25, 0.3) is 10.9 Å². The molecule has 23 heavy (non-hydrogen) atoms. The first-order valence-corrected chi connectivity index (χ1v) is 8.67. The molecule has 0 bridgehead atoms. The van der Waals surface area contributed by atoms with Crippen molar-refractivity contribution < 1.29 is 4.79 Å². The van der Waals surface area contributed by atoms with Crippen molar-refractivity contribution in [2.75, 3.05) is 6.54 Å². The first-order valence-electron chi connectivity index (χ1n) is 8.67. The molecule has 0 spiro atoms. The number of carbonyl (C=O) groups excluding carboxylic acids is 1. The third-order valence-electron chi connectivity index (χ3n) is 5.52. The van der Waals surface area contributed by atoms with Gasteiger partial charge in [-0.25, -0.2) is 0 Å². The standard InChI is InChI=1S/C19H22N2O2/c22-18-14-8-3-4-9-16(14)20-12-15(18)19(23)21-11-5-10-17(21)13-6-1-2-7-13/h3-4,8-9,12-13,17H,1-2,5-7,10-11H2,(H,20,22)/t17-/m1/s1. The zero-order chi connectivity index (χ0) is 15.8.